The Kier molecular flexibility index (Phi) is 5.35. The van der Waals surface area contributed by atoms with E-state index in [1.165, 1.54) is 6.33 Å². The molecule has 0 spiro atoms. The van der Waals surface area contributed by atoms with Crippen LogP contribution >= 0.6 is 0 Å². The molecule has 29 heavy (non-hydrogen) atoms. The monoisotopic (exact) mass is 392 g/mol. The molecular weight excluding hydrogens is 364 g/mol. The number of hydrogen-bond acceptors (Lipinski definition) is 4. The van der Waals surface area contributed by atoms with Crippen molar-refractivity contribution in [2.45, 2.75) is 32.6 Å². The Balaban J connectivity index is 1.51. The van der Waals surface area contributed by atoms with Crippen LogP contribution in [0.3, 0.4) is 0 Å². The summed E-state index contributed by atoms with van der Waals surface area (Å²) in [6.07, 6.45) is 8.16. The highest BCUT2D eigenvalue weighted by Crippen LogP contribution is 2.42. The molecule has 0 unspecified atom stereocenters. The third-order valence-electron chi connectivity index (χ3n) is 6.53. The molecule has 2 atom stereocenters. The maximum Gasteiger partial charge on any atom is 0.226 e. The van der Waals surface area contributed by atoms with Crippen LogP contribution in [0.25, 0.3) is 11.1 Å². The first kappa shape index (κ1) is 19.6. The van der Waals surface area contributed by atoms with Gasteiger partial charge >= 0.3 is 0 Å². The molecule has 6 nitrogen and oxygen atoms in total. The summed E-state index contributed by atoms with van der Waals surface area (Å²) in [5.74, 6) is 1.05. The predicted molar refractivity (Wildman–Crippen MR) is 111 cm³/mol. The van der Waals surface area contributed by atoms with Crippen molar-refractivity contribution in [2.24, 2.45) is 17.3 Å². The lowest BCUT2D eigenvalue weighted by atomic mass is 9.72. The fourth-order valence-corrected chi connectivity index (χ4v) is 4.50. The van der Waals surface area contributed by atoms with Gasteiger partial charge in [-0.2, -0.15) is 0 Å². The molecule has 6 heteroatoms. The molecule has 1 saturated heterocycles. The number of rotatable bonds is 5. The van der Waals surface area contributed by atoms with Crippen LogP contribution < -0.4 is 5.32 Å². The smallest absolute Gasteiger partial charge is 0.226 e. The average molecular weight is 393 g/mol. The van der Waals surface area contributed by atoms with E-state index in [-0.39, 0.29) is 17.7 Å². The van der Waals surface area contributed by atoms with Gasteiger partial charge in [0.05, 0.1) is 5.41 Å². The second-order valence-corrected chi connectivity index (χ2v) is 8.51. The van der Waals surface area contributed by atoms with Gasteiger partial charge in [-0.05, 0) is 42.7 Å². The highest BCUT2D eigenvalue weighted by atomic mass is 16.2. The largest absolute Gasteiger partial charge is 0.359 e. The number of piperidine rings is 1. The van der Waals surface area contributed by atoms with Gasteiger partial charge in [0.25, 0.3) is 0 Å². The van der Waals surface area contributed by atoms with Gasteiger partial charge in [-0.1, -0.05) is 31.2 Å². The van der Waals surface area contributed by atoms with Crippen LogP contribution in [-0.4, -0.2) is 46.8 Å². The quantitative estimate of drug-likeness (QED) is 0.849. The van der Waals surface area contributed by atoms with Crippen LogP contribution in [0.4, 0.5) is 0 Å². The van der Waals surface area contributed by atoms with Gasteiger partial charge in [0.15, 0.2) is 0 Å². The summed E-state index contributed by atoms with van der Waals surface area (Å²) < 4.78 is 0. The standard InChI is InChI=1S/C23H28N4O2/c1-16-10-20(16)21(28)27-8-6-23(7-9-27,22(29)24-2)12-17-4-3-5-18(11-17)19-13-25-15-26-14-19/h3-5,11,13-16,20H,6-10,12H2,1-2H3,(H,24,29)/t16-,20+/m0/s1. The van der Waals surface area contributed by atoms with Crippen molar-refractivity contribution in [3.8, 4) is 11.1 Å². The number of nitrogens with zero attached hydrogens (tertiary/aromatic N) is 3. The molecule has 1 aromatic carbocycles. The summed E-state index contributed by atoms with van der Waals surface area (Å²) >= 11 is 0. The van der Waals surface area contributed by atoms with Crippen molar-refractivity contribution in [3.63, 3.8) is 0 Å². The summed E-state index contributed by atoms with van der Waals surface area (Å²) in [6.45, 7) is 3.44. The molecular formula is C23H28N4O2. The summed E-state index contributed by atoms with van der Waals surface area (Å²) in [4.78, 5) is 35.6. The fourth-order valence-electron chi connectivity index (χ4n) is 4.50. The van der Waals surface area contributed by atoms with Crippen LogP contribution in [0.1, 0.15) is 31.7 Å². The van der Waals surface area contributed by atoms with Crippen LogP contribution in [0, 0.1) is 17.3 Å². The number of likely N-dealkylation sites (tertiary alicyclic amines) is 1. The highest BCUT2D eigenvalue weighted by Gasteiger charge is 2.46. The summed E-state index contributed by atoms with van der Waals surface area (Å²) in [5, 5.41) is 2.87. The van der Waals surface area contributed by atoms with Gasteiger partial charge in [-0.3, -0.25) is 9.59 Å². The van der Waals surface area contributed by atoms with Crippen LogP contribution in [0.5, 0.6) is 0 Å². The minimum Gasteiger partial charge on any atom is -0.359 e. The molecule has 1 saturated carbocycles. The molecule has 2 amide bonds. The Hall–Kier alpha value is -2.76. The second kappa shape index (κ2) is 7.93. The zero-order valence-corrected chi connectivity index (χ0v) is 17.1. The van der Waals surface area contributed by atoms with E-state index in [0.29, 0.717) is 38.3 Å². The molecule has 4 rings (SSSR count). The first-order chi connectivity index (χ1) is 14.0. The van der Waals surface area contributed by atoms with Gasteiger partial charge in [-0.25, -0.2) is 9.97 Å². The van der Waals surface area contributed by atoms with Gasteiger partial charge < -0.3 is 10.2 Å². The predicted octanol–water partition coefficient (Wildman–Crippen LogP) is 2.70. The molecule has 2 fully saturated rings. The molecule has 1 N–H and O–H groups in total. The van der Waals surface area contributed by atoms with Gasteiger partial charge in [-0.15, -0.1) is 0 Å². The Bertz CT molecular complexity index is 891. The molecule has 0 radical (unpaired) electrons. The average Bonchev–Trinajstić information content (AvgIpc) is 3.50. The normalized spacial score (nSPS) is 22.8. The van der Waals surface area contributed by atoms with Crippen molar-refractivity contribution in [1.29, 1.82) is 0 Å². The van der Waals surface area contributed by atoms with Gasteiger partial charge in [0, 0.05) is 44.0 Å². The topological polar surface area (TPSA) is 75.2 Å². The van der Waals surface area contributed by atoms with Crippen molar-refractivity contribution in [2.75, 3.05) is 20.1 Å². The Morgan fingerprint density at radius 3 is 2.48 bits per heavy atom. The molecule has 2 aromatic rings. The van der Waals surface area contributed by atoms with Gasteiger partial charge in [0.2, 0.25) is 11.8 Å². The first-order valence-corrected chi connectivity index (χ1v) is 10.4. The van der Waals surface area contributed by atoms with Crippen molar-refractivity contribution in [1.82, 2.24) is 20.2 Å². The fraction of sp³-hybridized carbons (Fsp3) is 0.478. The Morgan fingerprint density at radius 1 is 1.17 bits per heavy atom. The maximum absolute atomic E-state index is 12.9. The molecule has 1 aromatic heterocycles. The summed E-state index contributed by atoms with van der Waals surface area (Å²) in [5.41, 5.74) is 2.64. The highest BCUT2D eigenvalue weighted by molar-refractivity contribution is 5.84. The van der Waals surface area contributed by atoms with E-state index in [1.54, 1.807) is 19.4 Å². The lowest BCUT2D eigenvalue weighted by molar-refractivity contribution is -0.141. The summed E-state index contributed by atoms with van der Waals surface area (Å²) in [7, 11) is 1.70. The van der Waals surface area contributed by atoms with Crippen LogP contribution in [0.2, 0.25) is 0 Å². The third-order valence-corrected chi connectivity index (χ3v) is 6.53. The van der Waals surface area contributed by atoms with Crippen molar-refractivity contribution < 1.29 is 9.59 Å². The number of benzene rings is 1. The SMILES string of the molecule is CNC(=O)C1(Cc2cccc(-c3cncnc3)c2)CCN(C(=O)[C@@H]2C[C@@H]2C)CC1. The maximum atomic E-state index is 12.9. The molecule has 152 valence electrons. The Morgan fingerprint density at radius 2 is 1.86 bits per heavy atom. The number of carbonyl (C=O) groups excluding carboxylic acids is 2. The molecule has 1 aliphatic carbocycles. The second-order valence-electron chi connectivity index (χ2n) is 8.51. The van der Waals surface area contributed by atoms with Crippen LogP contribution in [-0.2, 0) is 16.0 Å². The molecule has 1 aliphatic heterocycles. The van der Waals surface area contributed by atoms with Crippen molar-refractivity contribution in [3.05, 3.63) is 48.5 Å². The lowest BCUT2D eigenvalue weighted by Crippen LogP contribution is -2.51. The minimum atomic E-state index is -0.480. The number of aromatic nitrogens is 2. The Labute approximate surface area is 171 Å². The van der Waals surface area contributed by atoms with E-state index < -0.39 is 5.41 Å². The molecule has 2 aliphatic rings. The van der Waals surface area contributed by atoms with E-state index in [4.69, 9.17) is 0 Å². The van der Waals surface area contributed by atoms with E-state index >= 15 is 0 Å². The zero-order valence-electron chi connectivity index (χ0n) is 17.1. The molecule has 2 heterocycles. The molecule has 0 bridgehead atoms. The number of nitrogens with one attached hydrogen (secondary N) is 1. The first-order valence-electron chi connectivity index (χ1n) is 10.4. The summed E-state index contributed by atoms with van der Waals surface area (Å²) in [6, 6.07) is 8.24. The van der Waals surface area contributed by atoms with E-state index in [1.807, 2.05) is 17.0 Å². The van der Waals surface area contributed by atoms with E-state index in [9.17, 15) is 9.59 Å². The lowest BCUT2D eigenvalue weighted by Gasteiger charge is -2.40. The third kappa shape index (κ3) is 4.02. The number of carbonyl (C=O) groups is 2. The van der Waals surface area contributed by atoms with Crippen LogP contribution in [0.15, 0.2) is 43.0 Å². The van der Waals surface area contributed by atoms with Crippen molar-refractivity contribution >= 4 is 11.8 Å². The minimum absolute atomic E-state index is 0.0674. The zero-order chi connectivity index (χ0) is 20.4. The van der Waals surface area contributed by atoms with E-state index in [2.05, 4.69) is 34.3 Å². The van der Waals surface area contributed by atoms with Gasteiger partial charge in [0.1, 0.15) is 6.33 Å². The number of hydrogen-bond donors (Lipinski definition) is 1. The van der Waals surface area contributed by atoms with E-state index in [0.717, 1.165) is 23.1 Å². The number of amides is 2.